The van der Waals surface area contributed by atoms with E-state index in [0.29, 0.717) is 24.4 Å². The van der Waals surface area contributed by atoms with Crippen molar-refractivity contribution in [3.8, 4) is 11.1 Å². The smallest absolute Gasteiger partial charge is 0.152 e. The first-order valence-corrected chi connectivity index (χ1v) is 8.52. The molecule has 3 rings (SSSR count). The molecule has 0 spiro atoms. The summed E-state index contributed by atoms with van der Waals surface area (Å²) in [5.41, 5.74) is 10.7. The Hall–Kier alpha value is -2.99. The number of nitrogens with two attached hydrogens (primary N) is 1. The van der Waals surface area contributed by atoms with E-state index in [-0.39, 0.29) is 19.8 Å². The first kappa shape index (κ1) is 20.3. The standard InChI is InChI=1S/C20H22N4O2.CH4/c1-13-4-7-15(8-5-13)17-16(9-6-14(2)26)24(10-3-11-25)20-18(17)19(21)22-12-23-20;/h4-9,12,25H,3,10-11H2,1-2H3,(H2,21,22,23);1H4/b9-6+;. The van der Waals surface area contributed by atoms with Gasteiger partial charge in [-0.3, -0.25) is 4.79 Å². The Morgan fingerprint density at radius 2 is 1.96 bits per heavy atom. The highest BCUT2D eigenvalue weighted by atomic mass is 16.3. The van der Waals surface area contributed by atoms with E-state index in [1.165, 1.54) is 19.3 Å². The number of aryl methyl sites for hydroxylation is 2. The van der Waals surface area contributed by atoms with Crippen molar-refractivity contribution >= 4 is 28.7 Å². The van der Waals surface area contributed by atoms with Gasteiger partial charge >= 0.3 is 0 Å². The Balaban J connectivity index is 0.00000261. The van der Waals surface area contributed by atoms with Crippen LogP contribution in [0.15, 0.2) is 36.7 Å². The van der Waals surface area contributed by atoms with Crippen LogP contribution in [0.2, 0.25) is 0 Å². The molecule has 3 N–H and O–H groups in total. The lowest BCUT2D eigenvalue weighted by atomic mass is 10.0. The predicted octanol–water partition coefficient (Wildman–Crippen LogP) is 3.61. The molecule has 0 atom stereocenters. The summed E-state index contributed by atoms with van der Waals surface area (Å²) in [6, 6.07) is 8.12. The molecular weight excluding hydrogens is 340 g/mol. The monoisotopic (exact) mass is 366 g/mol. The molecule has 6 heteroatoms. The van der Waals surface area contributed by atoms with Crippen LogP contribution in [0.5, 0.6) is 0 Å². The van der Waals surface area contributed by atoms with Crippen LogP contribution in [0.3, 0.4) is 0 Å². The first-order valence-electron chi connectivity index (χ1n) is 8.52. The Morgan fingerprint density at radius 1 is 1.26 bits per heavy atom. The van der Waals surface area contributed by atoms with Gasteiger partial charge in [0.2, 0.25) is 0 Å². The maximum absolute atomic E-state index is 11.5. The van der Waals surface area contributed by atoms with E-state index in [1.54, 1.807) is 6.08 Å². The summed E-state index contributed by atoms with van der Waals surface area (Å²) in [7, 11) is 0. The highest BCUT2D eigenvalue weighted by molar-refractivity contribution is 6.05. The lowest BCUT2D eigenvalue weighted by Gasteiger charge is -2.08. The van der Waals surface area contributed by atoms with E-state index in [9.17, 15) is 9.90 Å². The normalized spacial score (nSPS) is 11.1. The van der Waals surface area contributed by atoms with Crippen molar-refractivity contribution in [1.29, 1.82) is 0 Å². The predicted molar refractivity (Wildman–Crippen MR) is 110 cm³/mol. The summed E-state index contributed by atoms with van der Waals surface area (Å²) in [4.78, 5) is 20.1. The maximum atomic E-state index is 11.5. The molecule has 0 fully saturated rings. The average Bonchev–Trinajstić information content (AvgIpc) is 2.93. The van der Waals surface area contributed by atoms with Crippen molar-refractivity contribution in [3.63, 3.8) is 0 Å². The van der Waals surface area contributed by atoms with Crippen LogP contribution in [0.4, 0.5) is 5.82 Å². The zero-order valence-electron chi connectivity index (χ0n) is 14.9. The Bertz CT molecular complexity index is 972. The molecule has 0 unspecified atom stereocenters. The van der Waals surface area contributed by atoms with Crippen LogP contribution < -0.4 is 5.73 Å². The number of allylic oxidation sites excluding steroid dienone is 1. The van der Waals surface area contributed by atoms with Gasteiger partial charge in [0.1, 0.15) is 17.8 Å². The molecule has 0 amide bonds. The number of hydrogen-bond donors (Lipinski definition) is 2. The van der Waals surface area contributed by atoms with E-state index >= 15 is 0 Å². The Morgan fingerprint density at radius 3 is 2.59 bits per heavy atom. The second kappa shape index (κ2) is 8.60. The number of fused-ring (bicyclic) bond motifs is 1. The molecular formula is C21H26N4O2. The molecule has 6 nitrogen and oxygen atoms in total. The quantitative estimate of drug-likeness (QED) is 0.650. The number of aliphatic hydroxyl groups is 1. The van der Waals surface area contributed by atoms with Crippen LogP contribution in [0.25, 0.3) is 28.2 Å². The number of nitrogens with zero attached hydrogens (tertiary/aromatic N) is 3. The third-order valence-electron chi connectivity index (χ3n) is 4.27. The van der Waals surface area contributed by atoms with Crippen LogP contribution in [0, 0.1) is 6.92 Å². The fourth-order valence-electron chi connectivity index (χ4n) is 3.05. The van der Waals surface area contributed by atoms with Gasteiger partial charge in [0.25, 0.3) is 0 Å². The summed E-state index contributed by atoms with van der Waals surface area (Å²) >= 11 is 0. The average molecular weight is 366 g/mol. The first-order chi connectivity index (χ1) is 12.5. The van der Waals surface area contributed by atoms with E-state index in [0.717, 1.165) is 27.8 Å². The second-order valence-corrected chi connectivity index (χ2v) is 6.26. The zero-order valence-corrected chi connectivity index (χ0v) is 14.9. The Kier molecular flexibility index (Phi) is 6.47. The van der Waals surface area contributed by atoms with Crippen LogP contribution in [-0.4, -0.2) is 32.0 Å². The number of rotatable bonds is 6. The third-order valence-corrected chi connectivity index (χ3v) is 4.27. The lowest BCUT2D eigenvalue weighted by Crippen LogP contribution is -2.04. The SMILES string of the molecule is C.CC(=O)/C=C/c1c(-c2ccc(C)cc2)c2c(N)ncnc2n1CCCO. The van der Waals surface area contributed by atoms with Gasteiger partial charge < -0.3 is 15.4 Å². The lowest BCUT2D eigenvalue weighted by molar-refractivity contribution is -0.112. The summed E-state index contributed by atoms with van der Waals surface area (Å²) in [5.74, 6) is 0.351. The van der Waals surface area contributed by atoms with Gasteiger partial charge in [-0.25, -0.2) is 9.97 Å². The number of aromatic nitrogens is 3. The summed E-state index contributed by atoms with van der Waals surface area (Å²) in [6.45, 7) is 4.17. The minimum atomic E-state index is -0.0436. The molecule has 0 bridgehead atoms. The molecule has 0 saturated heterocycles. The van der Waals surface area contributed by atoms with Crippen molar-refractivity contribution in [2.75, 3.05) is 12.3 Å². The number of hydrogen-bond acceptors (Lipinski definition) is 5. The number of carbonyl (C=O) groups excluding carboxylic acids is 1. The number of anilines is 1. The zero-order chi connectivity index (χ0) is 18.7. The fraction of sp³-hybridized carbons (Fsp3) is 0.286. The van der Waals surface area contributed by atoms with Crippen LogP contribution in [0.1, 0.15) is 32.0 Å². The van der Waals surface area contributed by atoms with E-state index < -0.39 is 0 Å². The number of nitrogen functional groups attached to an aromatic ring is 1. The Labute approximate surface area is 159 Å². The molecule has 0 aliphatic carbocycles. The van der Waals surface area contributed by atoms with Gasteiger partial charge in [-0.2, -0.15) is 0 Å². The number of carbonyl (C=O) groups is 1. The molecule has 0 aliphatic rings. The van der Waals surface area contributed by atoms with E-state index in [4.69, 9.17) is 5.73 Å². The summed E-state index contributed by atoms with van der Waals surface area (Å²) in [5, 5.41) is 10.0. The van der Waals surface area contributed by atoms with Crippen molar-refractivity contribution in [2.24, 2.45) is 0 Å². The van der Waals surface area contributed by atoms with E-state index in [2.05, 4.69) is 9.97 Å². The van der Waals surface area contributed by atoms with Gasteiger partial charge in [0, 0.05) is 18.7 Å². The number of ketones is 1. The second-order valence-electron chi connectivity index (χ2n) is 6.26. The number of aliphatic hydroxyl groups excluding tert-OH is 1. The van der Waals surface area contributed by atoms with Crippen molar-refractivity contribution in [3.05, 3.63) is 47.9 Å². The van der Waals surface area contributed by atoms with Crippen LogP contribution >= 0.6 is 0 Å². The van der Waals surface area contributed by atoms with Crippen molar-refractivity contribution in [2.45, 2.75) is 34.2 Å². The molecule has 0 radical (unpaired) electrons. The maximum Gasteiger partial charge on any atom is 0.152 e. The van der Waals surface area contributed by atoms with Crippen molar-refractivity contribution < 1.29 is 9.90 Å². The topological polar surface area (TPSA) is 94.0 Å². The largest absolute Gasteiger partial charge is 0.396 e. The van der Waals surface area contributed by atoms with Gasteiger partial charge in [-0.15, -0.1) is 0 Å². The van der Waals surface area contributed by atoms with Gasteiger partial charge in [0.05, 0.1) is 11.1 Å². The fourth-order valence-corrected chi connectivity index (χ4v) is 3.05. The molecule has 0 aliphatic heterocycles. The van der Waals surface area contributed by atoms with Crippen LogP contribution in [-0.2, 0) is 11.3 Å². The van der Waals surface area contributed by atoms with Gasteiger partial charge in [-0.1, -0.05) is 37.3 Å². The highest BCUT2D eigenvalue weighted by Gasteiger charge is 2.20. The van der Waals surface area contributed by atoms with Crippen molar-refractivity contribution in [1.82, 2.24) is 14.5 Å². The number of benzene rings is 1. The summed E-state index contributed by atoms with van der Waals surface area (Å²) < 4.78 is 1.98. The molecule has 3 aromatic rings. The molecule has 2 aromatic heterocycles. The molecule has 142 valence electrons. The minimum Gasteiger partial charge on any atom is -0.396 e. The highest BCUT2D eigenvalue weighted by Crippen LogP contribution is 2.37. The molecule has 2 heterocycles. The molecule has 0 saturated carbocycles. The molecule has 1 aromatic carbocycles. The summed E-state index contributed by atoms with van der Waals surface area (Å²) in [6.07, 6.45) is 5.33. The minimum absolute atomic E-state index is 0. The van der Waals surface area contributed by atoms with Gasteiger partial charge in [0.15, 0.2) is 5.78 Å². The molecule has 27 heavy (non-hydrogen) atoms. The van der Waals surface area contributed by atoms with Gasteiger partial charge in [-0.05, 0) is 38.0 Å². The third kappa shape index (κ3) is 4.06. The van der Waals surface area contributed by atoms with E-state index in [1.807, 2.05) is 35.8 Å².